The van der Waals surface area contributed by atoms with E-state index in [1.807, 2.05) is 12.3 Å². The highest BCUT2D eigenvalue weighted by atomic mass is 32.1. The van der Waals surface area contributed by atoms with Gasteiger partial charge < -0.3 is 10.3 Å². The lowest BCUT2D eigenvalue weighted by Crippen LogP contribution is -1.87. The number of thiophene rings is 1. The maximum absolute atomic E-state index is 5.83. The molecule has 68 valence electrons. The number of nitrogens with two attached hydrogens (primary N) is 1. The Morgan fingerprint density at radius 2 is 2.23 bits per heavy atom. The van der Waals surface area contributed by atoms with Crippen molar-refractivity contribution in [3.8, 4) is 10.8 Å². The fourth-order valence-corrected chi connectivity index (χ4v) is 1.90. The molecule has 0 unspecified atom stereocenters. The SMILES string of the molecule is Cc1noc(-c2scc(C)c2N)n1. The lowest BCUT2D eigenvalue weighted by molar-refractivity contribution is 0.426. The second-order valence-electron chi connectivity index (χ2n) is 2.81. The van der Waals surface area contributed by atoms with Gasteiger partial charge in [-0.1, -0.05) is 5.16 Å². The first kappa shape index (κ1) is 8.25. The molecular weight excluding hydrogens is 186 g/mol. The maximum atomic E-state index is 5.83. The van der Waals surface area contributed by atoms with E-state index < -0.39 is 0 Å². The molecule has 2 rings (SSSR count). The van der Waals surface area contributed by atoms with Gasteiger partial charge in [0.05, 0.1) is 5.69 Å². The average molecular weight is 195 g/mol. The first-order chi connectivity index (χ1) is 6.18. The molecule has 0 spiro atoms. The van der Waals surface area contributed by atoms with E-state index in [-0.39, 0.29) is 0 Å². The minimum absolute atomic E-state index is 0.508. The highest BCUT2D eigenvalue weighted by Gasteiger charge is 2.13. The predicted molar refractivity (Wildman–Crippen MR) is 51.5 cm³/mol. The standard InChI is InChI=1S/C8H9N3OS/c1-4-3-13-7(6(4)9)8-10-5(2)11-12-8/h3H,9H2,1-2H3. The van der Waals surface area contributed by atoms with Crippen molar-refractivity contribution in [2.45, 2.75) is 13.8 Å². The van der Waals surface area contributed by atoms with E-state index in [4.69, 9.17) is 10.3 Å². The van der Waals surface area contributed by atoms with E-state index in [1.54, 1.807) is 6.92 Å². The van der Waals surface area contributed by atoms with E-state index >= 15 is 0 Å². The number of aromatic nitrogens is 2. The molecule has 2 heterocycles. The van der Waals surface area contributed by atoms with E-state index in [2.05, 4.69) is 10.1 Å². The van der Waals surface area contributed by atoms with Crippen molar-refractivity contribution in [1.82, 2.24) is 10.1 Å². The van der Waals surface area contributed by atoms with E-state index in [9.17, 15) is 0 Å². The normalized spacial score (nSPS) is 10.6. The molecule has 0 amide bonds. The van der Waals surface area contributed by atoms with Crippen molar-refractivity contribution >= 4 is 17.0 Å². The molecule has 4 nitrogen and oxygen atoms in total. The average Bonchev–Trinajstić information content (AvgIpc) is 2.62. The summed E-state index contributed by atoms with van der Waals surface area (Å²) in [5.41, 5.74) is 7.61. The summed E-state index contributed by atoms with van der Waals surface area (Å²) in [6.07, 6.45) is 0. The van der Waals surface area contributed by atoms with Crippen LogP contribution in [-0.2, 0) is 0 Å². The summed E-state index contributed by atoms with van der Waals surface area (Å²) >= 11 is 1.52. The second-order valence-corrected chi connectivity index (χ2v) is 3.69. The molecule has 0 aliphatic carbocycles. The van der Waals surface area contributed by atoms with Crippen molar-refractivity contribution in [2.75, 3.05) is 5.73 Å². The van der Waals surface area contributed by atoms with Crippen LogP contribution in [0.5, 0.6) is 0 Å². The van der Waals surface area contributed by atoms with Gasteiger partial charge in [0.25, 0.3) is 5.89 Å². The van der Waals surface area contributed by atoms with Gasteiger partial charge in [-0.2, -0.15) is 4.98 Å². The fraction of sp³-hybridized carbons (Fsp3) is 0.250. The van der Waals surface area contributed by atoms with Crippen LogP contribution in [0.15, 0.2) is 9.90 Å². The smallest absolute Gasteiger partial charge is 0.270 e. The molecule has 5 heteroatoms. The molecule has 13 heavy (non-hydrogen) atoms. The van der Waals surface area contributed by atoms with Gasteiger partial charge in [-0.05, 0) is 24.8 Å². The minimum atomic E-state index is 0.508. The summed E-state index contributed by atoms with van der Waals surface area (Å²) in [5, 5.41) is 5.68. The van der Waals surface area contributed by atoms with Gasteiger partial charge in [0.2, 0.25) is 0 Å². The van der Waals surface area contributed by atoms with Crippen molar-refractivity contribution in [3.05, 3.63) is 16.8 Å². The Labute approximate surface area is 79.4 Å². The molecule has 0 saturated heterocycles. The number of aryl methyl sites for hydroxylation is 2. The molecule has 0 aromatic carbocycles. The van der Waals surface area contributed by atoms with E-state index in [0.717, 1.165) is 16.1 Å². The number of anilines is 1. The molecule has 2 aromatic heterocycles. The quantitative estimate of drug-likeness (QED) is 0.755. The molecule has 0 aliphatic rings. The number of nitrogens with zero attached hydrogens (tertiary/aromatic N) is 2. The number of rotatable bonds is 1. The summed E-state index contributed by atoms with van der Waals surface area (Å²) in [4.78, 5) is 4.97. The Hall–Kier alpha value is -1.36. The lowest BCUT2D eigenvalue weighted by Gasteiger charge is -1.91. The van der Waals surface area contributed by atoms with Crippen LogP contribution in [0.1, 0.15) is 11.4 Å². The summed E-state index contributed by atoms with van der Waals surface area (Å²) in [6, 6.07) is 0. The van der Waals surface area contributed by atoms with Crippen LogP contribution in [-0.4, -0.2) is 10.1 Å². The molecule has 0 fully saturated rings. The van der Waals surface area contributed by atoms with Crippen molar-refractivity contribution in [2.24, 2.45) is 0 Å². The van der Waals surface area contributed by atoms with Crippen LogP contribution in [0.4, 0.5) is 5.69 Å². The minimum Gasteiger partial charge on any atom is -0.397 e. The van der Waals surface area contributed by atoms with Crippen LogP contribution in [0.2, 0.25) is 0 Å². The Morgan fingerprint density at radius 3 is 2.69 bits per heavy atom. The molecule has 0 saturated carbocycles. The summed E-state index contributed by atoms with van der Waals surface area (Å²) in [6.45, 7) is 3.74. The highest BCUT2D eigenvalue weighted by molar-refractivity contribution is 7.14. The van der Waals surface area contributed by atoms with Crippen LogP contribution in [0.3, 0.4) is 0 Å². The fourth-order valence-electron chi connectivity index (χ4n) is 1.01. The van der Waals surface area contributed by atoms with Crippen molar-refractivity contribution in [3.63, 3.8) is 0 Å². The molecule has 2 N–H and O–H groups in total. The van der Waals surface area contributed by atoms with Crippen molar-refractivity contribution < 1.29 is 4.52 Å². The van der Waals surface area contributed by atoms with Crippen molar-refractivity contribution in [1.29, 1.82) is 0 Å². The Kier molecular flexibility index (Phi) is 1.81. The second kappa shape index (κ2) is 2.85. The predicted octanol–water partition coefficient (Wildman–Crippen LogP) is 2.00. The van der Waals surface area contributed by atoms with Gasteiger partial charge in [-0.25, -0.2) is 0 Å². The zero-order chi connectivity index (χ0) is 9.42. The molecule has 0 radical (unpaired) electrons. The first-order valence-corrected chi connectivity index (χ1v) is 4.70. The van der Waals surface area contributed by atoms with Crippen LogP contribution < -0.4 is 5.73 Å². The molecule has 2 aromatic rings. The molecule has 0 bridgehead atoms. The molecule has 0 aliphatic heterocycles. The van der Waals surface area contributed by atoms with Gasteiger partial charge in [0, 0.05) is 0 Å². The largest absolute Gasteiger partial charge is 0.397 e. The zero-order valence-corrected chi connectivity index (χ0v) is 8.18. The lowest BCUT2D eigenvalue weighted by atomic mass is 10.3. The third-order valence-electron chi connectivity index (χ3n) is 1.74. The maximum Gasteiger partial charge on any atom is 0.270 e. The van der Waals surface area contributed by atoms with Crippen LogP contribution in [0, 0.1) is 13.8 Å². The summed E-state index contributed by atoms with van der Waals surface area (Å²) in [5.74, 6) is 1.13. The Bertz CT molecular complexity index is 432. The third kappa shape index (κ3) is 1.31. The highest BCUT2D eigenvalue weighted by Crippen LogP contribution is 2.33. The molecular formula is C8H9N3OS. The number of hydrogen-bond acceptors (Lipinski definition) is 5. The monoisotopic (exact) mass is 195 g/mol. The summed E-state index contributed by atoms with van der Waals surface area (Å²) < 4.78 is 5.01. The van der Waals surface area contributed by atoms with Gasteiger partial charge in [0.1, 0.15) is 4.88 Å². The number of hydrogen-bond donors (Lipinski definition) is 1. The topological polar surface area (TPSA) is 64.9 Å². The number of nitrogen functional groups attached to an aromatic ring is 1. The zero-order valence-electron chi connectivity index (χ0n) is 7.37. The van der Waals surface area contributed by atoms with Crippen LogP contribution >= 0.6 is 11.3 Å². The van der Waals surface area contributed by atoms with Crippen LogP contribution in [0.25, 0.3) is 10.8 Å². The van der Waals surface area contributed by atoms with Gasteiger partial charge in [0.15, 0.2) is 5.82 Å². The first-order valence-electron chi connectivity index (χ1n) is 3.82. The Balaban J connectivity index is 2.52. The molecule has 0 atom stereocenters. The van der Waals surface area contributed by atoms with Gasteiger partial charge in [-0.3, -0.25) is 0 Å². The van der Waals surface area contributed by atoms with E-state index in [1.165, 1.54) is 11.3 Å². The van der Waals surface area contributed by atoms with E-state index in [0.29, 0.717) is 11.7 Å². The third-order valence-corrected chi connectivity index (χ3v) is 2.85. The Morgan fingerprint density at radius 1 is 1.46 bits per heavy atom. The summed E-state index contributed by atoms with van der Waals surface area (Å²) in [7, 11) is 0. The van der Waals surface area contributed by atoms with Gasteiger partial charge >= 0.3 is 0 Å². The van der Waals surface area contributed by atoms with Gasteiger partial charge in [-0.15, -0.1) is 11.3 Å².